The number of anilines is 1. The fraction of sp³-hybridized carbons (Fsp3) is 0.273. The molecule has 3 N–H and O–H groups in total. The number of benzene rings is 1. The molecule has 6 heteroatoms. The van der Waals surface area contributed by atoms with Crippen molar-refractivity contribution in [2.45, 2.75) is 0 Å². The summed E-state index contributed by atoms with van der Waals surface area (Å²) >= 11 is 0. The average Bonchev–Trinajstić information content (AvgIpc) is 2.35. The van der Waals surface area contributed by atoms with Gasteiger partial charge in [-0.1, -0.05) is 0 Å². The summed E-state index contributed by atoms with van der Waals surface area (Å²) in [6, 6.07) is 6.60. The fourth-order valence-electron chi connectivity index (χ4n) is 0.966. The predicted octanol–water partition coefficient (Wildman–Crippen LogP) is -0.0632. The van der Waals surface area contributed by atoms with Gasteiger partial charge in [0.05, 0.1) is 0 Å². The van der Waals surface area contributed by atoms with E-state index in [-0.39, 0.29) is 19.1 Å². The van der Waals surface area contributed by atoms with Gasteiger partial charge in [-0.3, -0.25) is 4.79 Å². The quantitative estimate of drug-likeness (QED) is 0.554. The molecule has 0 aliphatic rings. The SMILES string of the molecule is CNC(=O)COC(=O)COc1ccc(N)cc1. The second-order valence-electron chi connectivity index (χ2n) is 3.19. The van der Waals surface area contributed by atoms with Crippen molar-refractivity contribution in [3.63, 3.8) is 0 Å². The summed E-state index contributed by atoms with van der Waals surface area (Å²) < 4.78 is 9.77. The Labute approximate surface area is 98.7 Å². The van der Waals surface area contributed by atoms with Crippen molar-refractivity contribution in [2.75, 3.05) is 26.0 Å². The van der Waals surface area contributed by atoms with E-state index in [0.29, 0.717) is 11.4 Å². The molecule has 1 aromatic rings. The molecule has 0 unspecified atom stereocenters. The maximum absolute atomic E-state index is 11.2. The zero-order valence-corrected chi connectivity index (χ0v) is 9.43. The van der Waals surface area contributed by atoms with Gasteiger partial charge in [0, 0.05) is 12.7 Å². The molecule has 6 nitrogen and oxygen atoms in total. The van der Waals surface area contributed by atoms with Gasteiger partial charge in [0.15, 0.2) is 13.2 Å². The third kappa shape index (κ3) is 4.87. The molecule has 0 radical (unpaired) electrons. The Morgan fingerprint density at radius 1 is 1.24 bits per heavy atom. The van der Waals surface area contributed by atoms with E-state index in [1.807, 2.05) is 0 Å². The van der Waals surface area contributed by atoms with Crippen molar-refractivity contribution < 1.29 is 19.1 Å². The number of amides is 1. The first-order valence-electron chi connectivity index (χ1n) is 4.96. The third-order valence-electron chi connectivity index (χ3n) is 1.88. The lowest BCUT2D eigenvalue weighted by molar-refractivity contribution is -0.150. The van der Waals surface area contributed by atoms with Gasteiger partial charge in [0.25, 0.3) is 5.91 Å². The third-order valence-corrected chi connectivity index (χ3v) is 1.88. The van der Waals surface area contributed by atoms with E-state index in [1.165, 1.54) is 7.05 Å². The van der Waals surface area contributed by atoms with Crippen LogP contribution in [0, 0.1) is 0 Å². The van der Waals surface area contributed by atoms with Gasteiger partial charge in [-0.05, 0) is 24.3 Å². The molecule has 1 amide bonds. The number of carbonyl (C=O) groups excluding carboxylic acids is 2. The highest BCUT2D eigenvalue weighted by Crippen LogP contribution is 2.12. The highest BCUT2D eigenvalue weighted by atomic mass is 16.6. The molecule has 0 aliphatic heterocycles. The second-order valence-corrected chi connectivity index (χ2v) is 3.19. The lowest BCUT2D eigenvalue weighted by atomic mass is 10.3. The highest BCUT2D eigenvalue weighted by molar-refractivity contribution is 5.80. The summed E-state index contributed by atoms with van der Waals surface area (Å²) in [4.78, 5) is 21.9. The zero-order chi connectivity index (χ0) is 12.7. The van der Waals surface area contributed by atoms with Crippen LogP contribution in [0.3, 0.4) is 0 Å². The molecule has 0 aliphatic carbocycles. The molecular weight excluding hydrogens is 224 g/mol. The van der Waals surface area contributed by atoms with E-state index in [0.717, 1.165) is 0 Å². The van der Waals surface area contributed by atoms with Gasteiger partial charge in [0.2, 0.25) is 0 Å². The van der Waals surface area contributed by atoms with Gasteiger partial charge < -0.3 is 20.5 Å². The molecule has 0 heterocycles. The van der Waals surface area contributed by atoms with E-state index >= 15 is 0 Å². The molecule has 0 saturated heterocycles. The second kappa shape index (κ2) is 6.37. The van der Waals surface area contributed by atoms with Crippen LogP contribution in [0.5, 0.6) is 5.75 Å². The Morgan fingerprint density at radius 2 is 1.88 bits per heavy atom. The Bertz CT molecular complexity index is 389. The molecule has 0 bridgehead atoms. The first kappa shape index (κ1) is 12.8. The standard InChI is InChI=1S/C11H14N2O4/c1-13-10(14)6-17-11(15)7-16-9-4-2-8(12)3-5-9/h2-5H,6-7,12H2,1H3,(H,13,14). The van der Waals surface area contributed by atoms with Gasteiger partial charge in [0.1, 0.15) is 5.75 Å². The average molecular weight is 238 g/mol. The summed E-state index contributed by atoms with van der Waals surface area (Å²) in [7, 11) is 1.46. The maximum Gasteiger partial charge on any atom is 0.344 e. The van der Waals surface area contributed by atoms with Crippen LogP contribution in [0.4, 0.5) is 5.69 Å². The molecular formula is C11H14N2O4. The van der Waals surface area contributed by atoms with Crippen LogP contribution in [0.25, 0.3) is 0 Å². The lowest BCUT2D eigenvalue weighted by Crippen LogP contribution is -2.26. The summed E-state index contributed by atoms with van der Waals surface area (Å²) in [6.07, 6.45) is 0. The van der Waals surface area contributed by atoms with Gasteiger partial charge in [-0.25, -0.2) is 4.79 Å². The Balaban J connectivity index is 2.28. The molecule has 0 aromatic heterocycles. The molecule has 1 aromatic carbocycles. The molecule has 0 spiro atoms. The van der Waals surface area contributed by atoms with Gasteiger partial charge in [-0.15, -0.1) is 0 Å². The van der Waals surface area contributed by atoms with E-state index in [4.69, 9.17) is 10.5 Å². The van der Waals surface area contributed by atoms with E-state index in [9.17, 15) is 9.59 Å². The normalized spacial score (nSPS) is 9.47. The molecule has 0 atom stereocenters. The van der Waals surface area contributed by atoms with Crippen LogP contribution in [-0.2, 0) is 14.3 Å². The van der Waals surface area contributed by atoms with Gasteiger partial charge in [-0.2, -0.15) is 0 Å². The number of rotatable bonds is 5. The molecule has 1 rings (SSSR count). The van der Waals surface area contributed by atoms with Crippen LogP contribution in [-0.4, -0.2) is 32.1 Å². The van der Waals surface area contributed by atoms with Crippen molar-refractivity contribution in [1.29, 1.82) is 0 Å². The number of nitrogens with two attached hydrogens (primary N) is 1. The largest absolute Gasteiger partial charge is 0.482 e. The number of hydrogen-bond acceptors (Lipinski definition) is 5. The van der Waals surface area contributed by atoms with Crippen molar-refractivity contribution in [1.82, 2.24) is 5.32 Å². The first-order chi connectivity index (χ1) is 8.11. The van der Waals surface area contributed by atoms with Crippen molar-refractivity contribution in [3.05, 3.63) is 24.3 Å². The lowest BCUT2D eigenvalue weighted by Gasteiger charge is -2.06. The van der Waals surface area contributed by atoms with Crippen molar-refractivity contribution in [2.24, 2.45) is 0 Å². The van der Waals surface area contributed by atoms with E-state index in [2.05, 4.69) is 10.1 Å². The summed E-state index contributed by atoms with van der Waals surface area (Å²) in [6.45, 7) is -0.554. The van der Waals surface area contributed by atoms with Crippen LogP contribution >= 0.6 is 0 Å². The van der Waals surface area contributed by atoms with E-state index < -0.39 is 5.97 Å². The minimum absolute atomic E-state index is 0.249. The van der Waals surface area contributed by atoms with E-state index in [1.54, 1.807) is 24.3 Å². The number of ether oxygens (including phenoxy) is 2. The minimum atomic E-state index is -0.606. The molecule has 0 saturated carbocycles. The van der Waals surface area contributed by atoms with Crippen LogP contribution in [0.15, 0.2) is 24.3 Å². The Morgan fingerprint density at radius 3 is 2.47 bits per heavy atom. The summed E-state index contributed by atoms with van der Waals surface area (Å²) in [5.74, 6) is -0.465. The Kier molecular flexibility index (Phi) is 4.80. The number of likely N-dealkylation sites (N-methyl/N-ethyl adjacent to an activating group) is 1. The van der Waals surface area contributed by atoms with Gasteiger partial charge >= 0.3 is 5.97 Å². The first-order valence-corrected chi connectivity index (χ1v) is 4.96. The number of carbonyl (C=O) groups is 2. The maximum atomic E-state index is 11.2. The minimum Gasteiger partial charge on any atom is -0.482 e. The number of esters is 1. The molecule has 0 fully saturated rings. The predicted molar refractivity (Wildman–Crippen MR) is 61.4 cm³/mol. The number of nitrogen functional groups attached to an aromatic ring is 1. The zero-order valence-electron chi connectivity index (χ0n) is 9.43. The molecule has 17 heavy (non-hydrogen) atoms. The summed E-state index contributed by atoms with van der Waals surface area (Å²) in [5, 5.41) is 2.33. The van der Waals surface area contributed by atoms with Crippen LogP contribution < -0.4 is 15.8 Å². The number of hydrogen-bond donors (Lipinski definition) is 2. The topological polar surface area (TPSA) is 90.6 Å². The smallest absolute Gasteiger partial charge is 0.344 e. The fourth-order valence-corrected chi connectivity index (χ4v) is 0.966. The van der Waals surface area contributed by atoms with Crippen molar-refractivity contribution in [3.8, 4) is 5.75 Å². The highest BCUT2D eigenvalue weighted by Gasteiger charge is 2.06. The number of nitrogens with one attached hydrogen (secondary N) is 1. The Hall–Kier alpha value is -2.24. The van der Waals surface area contributed by atoms with Crippen LogP contribution in [0.1, 0.15) is 0 Å². The molecule has 92 valence electrons. The van der Waals surface area contributed by atoms with Crippen molar-refractivity contribution >= 4 is 17.6 Å². The monoisotopic (exact) mass is 238 g/mol. The summed E-state index contributed by atoms with van der Waals surface area (Å²) in [5.41, 5.74) is 6.10. The van der Waals surface area contributed by atoms with Crippen LogP contribution in [0.2, 0.25) is 0 Å².